The van der Waals surface area contributed by atoms with Gasteiger partial charge < -0.3 is 75.2 Å². The highest BCUT2D eigenvalue weighted by Gasteiger charge is 2.45. The average molecular weight is 1720 g/mol. The van der Waals surface area contributed by atoms with E-state index in [0.717, 1.165) is 5.56 Å². The number of likely N-dealkylation sites (tertiary alicyclic amines) is 1. The van der Waals surface area contributed by atoms with Crippen molar-refractivity contribution in [3.05, 3.63) is 101 Å². The van der Waals surface area contributed by atoms with Gasteiger partial charge >= 0.3 is 12.1 Å². The van der Waals surface area contributed by atoms with Gasteiger partial charge in [0.25, 0.3) is 0 Å². The number of anilines is 1. The molecule has 0 spiro atoms. The molecule has 120 heavy (non-hydrogen) atoms. The molecule has 672 valence electrons. The Hall–Kier alpha value is -8.44. The number of primary amides is 1. The number of rotatable bonds is 57. The third kappa shape index (κ3) is 33.1. The van der Waals surface area contributed by atoms with Crippen LogP contribution in [0.5, 0.6) is 0 Å². The minimum Gasteiger partial charge on any atom is -0.445 e. The molecule has 4 rings (SSSR count). The van der Waals surface area contributed by atoms with Gasteiger partial charge in [0.15, 0.2) is 42.8 Å². The van der Waals surface area contributed by atoms with Crippen molar-refractivity contribution < 1.29 is 108 Å². The second kappa shape index (κ2) is 51.5. The van der Waals surface area contributed by atoms with Crippen molar-refractivity contribution in [3.8, 4) is 0 Å². The maximum Gasteiger partial charge on any atom is 0.410 e. The van der Waals surface area contributed by atoms with Gasteiger partial charge in [0.1, 0.15) is 12.4 Å². The Morgan fingerprint density at radius 2 is 1.20 bits per heavy atom. The van der Waals surface area contributed by atoms with Crippen LogP contribution in [0, 0.1) is 59.2 Å². The van der Waals surface area contributed by atoms with Crippen molar-refractivity contribution in [2.45, 2.75) is 195 Å². The van der Waals surface area contributed by atoms with Crippen LogP contribution in [0.15, 0.2) is 78.9 Å². The van der Waals surface area contributed by atoms with Crippen LogP contribution in [-0.2, 0) is 93.1 Å². The number of amides is 8. The fourth-order valence-corrected chi connectivity index (χ4v) is 18.5. The number of likely N-dealkylation sites (N-methyl/N-ethyl adjacent to an activating group) is 2. The highest BCUT2D eigenvalue weighted by Crippen LogP contribution is 2.34. The topological polar surface area (TPSA) is 433 Å². The number of nitrogens with zero attached hydrogens (tertiary/aromatic N) is 3. The van der Waals surface area contributed by atoms with E-state index in [1.807, 2.05) is 65.0 Å². The summed E-state index contributed by atoms with van der Waals surface area (Å²) in [5.41, 5.74) is 6.83. The second-order valence-electron chi connectivity index (χ2n) is 32.7. The monoisotopic (exact) mass is 1720 g/mol. The van der Waals surface area contributed by atoms with Crippen molar-refractivity contribution in [1.29, 1.82) is 0 Å². The molecule has 8 amide bonds. The van der Waals surface area contributed by atoms with E-state index in [0.29, 0.717) is 37.1 Å². The number of Topliss-reactive ketones (excluding diaryl/α,β-unsaturated/α-hetero) is 5. The lowest BCUT2D eigenvalue weighted by molar-refractivity contribution is -0.149. The number of aliphatic hydroxyl groups excluding tert-OH is 1. The van der Waals surface area contributed by atoms with Gasteiger partial charge in [0, 0.05) is 142 Å². The summed E-state index contributed by atoms with van der Waals surface area (Å²) in [7, 11) is 2.25. The summed E-state index contributed by atoms with van der Waals surface area (Å²) in [6.07, 6.45) is -2.32. The van der Waals surface area contributed by atoms with E-state index in [4.69, 9.17) is 34.2 Å². The number of ether oxygens (including phenoxy) is 6. The number of ketones is 5. The summed E-state index contributed by atoms with van der Waals surface area (Å²) in [6.45, 7) is 18.3. The van der Waals surface area contributed by atoms with Crippen LogP contribution in [0.25, 0.3) is 0 Å². The minimum atomic E-state index is -3.97. The summed E-state index contributed by atoms with van der Waals surface area (Å²) < 4.78 is 84.7. The third-order valence-electron chi connectivity index (χ3n) is 22.6. The summed E-state index contributed by atoms with van der Waals surface area (Å²) in [4.78, 5) is 172. The Morgan fingerprint density at radius 1 is 0.608 bits per heavy atom. The molecule has 1 saturated heterocycles. The van der Waals surface area contributed by atoms with Crippen LogP contribution >= 0.6 is 0 Å². The van der Waals surface area contributed by atoms with Gasteiger partial charge in [-0.3, -0.25) is 47.9 Å². The van der Waals surface area contributed by atoms with E-state index < -0.39 is 180 Å². The molecule has 33 heteroatoms. The first-order valence-electron chi connectivity index (χ1n) is 41.5. The standard InChI is InChI=1S/C87H134N8O23S2/c1-18-57(8)79(74(116-16)50-76(101)95-40-23-27-69(95)82(117-17)59(10)70(96)46-58(9)80(102)62-24-20-19-21-25-62)93(11)85(106)68(54(2)3)49-73(99)78(56(6)7)94(12)87(108)118-51-60-28-35-67(36-29-60)91-84(105)64(26-22-38-90-86(88)107)48-72(98)77(55(4)5)92-75(100)37-34-65(83(104)89-39-41-113-13)47-71(97)61-30-32-63(33-31-61)81(103)66(52-119(109,110)44-42-114-14)53-120(111,112)45-43-115-15/h19-21,24-25,28-33,35-36,54-59,64-66,68-69,74,77-80,82,102H,18,22-23,26-27,34,37-53H2,1-17H3,(H,89,104)(H,91,105)(H,92,100)(H3,88,90,107)/t57-,58-,59-,64+,65+,68-,69-,74+,77-,78-,79+,80+,82+/m0/s1. The van der Waals surface area contributed by atoms with E-state index >= 15 is 0 Å². The van der Waals surface area contributed by atoms with Crippen LogP contribution in [0.4, 0.5) is 15.3 Å². The van der Waals surface area contributed by atoms with Gasteiger partial charge in [0.2, 0.25) is 29.5 Å². The number of carbonyl (C=O) groups is 12. The summed E-state index contributed by atoms with van der Waals surface area (Å²) in [5, 5.41) is 21.8. The quantitative estimate of drug-likeness (QED) is 0.0229. The lowest BCUT2D eigenvalue weighted by Gasteiger charge is -2.41. The first-order chi connectivity index (χ1) is 56.6. The van der Waals surface area contributed by atoms with Crippen LogP contribution in [0.3, 0.4) is 0 Å². The molecule has 0 bridgehead atoms. The molecule has 3 aromatic rings. The van der Waals surface area contributed by atoms with Gasteiger partial charge in [-0.25, -0.2) is 26.4 Å². The zero-order chi connectivity index (χ0) is 89.9. The number of nitrogens with two attached hydrogens (primary N) is 1. The van der Waals surface area contributed by atoms with E-state index in [1.165, 1.54) is 71.8 Å². The minimum absolute atomic E-state index is 0.0515. The summed E-state index contributed by atoms with van der Waals surface area (Å²) >= 11 is 0. The van der Waals surface area contributed by atoms with Crippen LogP contribution in [0.2, 0.25) is 0 Å². The molecule has 0 unspecified atom stereocenters. The second-order valence-corrected chi connectivity index (χ2v) is 37.2. The lowest BCUT2D eigenvalue weighted by atomic mass is 9.83. The lowest BCUT2D eigenvalue weighted by Crippen LogP contribution is -2.54. The number of hydrogen-bond donors (Lipinski definition) is 6. The molecule has 1 aliphatic rings. The van der Waals surface area contributed by atoms with Gasteiger partial charge in [-0.05, 0) is 85.0 Å². The van der Waals surface area contributed by atoms with Crippen molar-refractivity contribution in [1.82, 2.24) is 30.7 Å². The number of hydrogen-bond acceptors (Lipinski definition) is 23. The molecule has 0 radical (unpaired) electrons. The van der Waals surface area contributed by atoms with Gasteiger partial charge in [0.05, 0.1) is 97.7 Å². The molecule has 0 saturated carbocycles. The maximum atomic E-state index is 15.0. The molecular formula is C87H134N8O23S2. The molecule has 31 nitrogen and oxygen atoms in total. The number of sulfone groups is 2. The Bertz CT molecular complexity index is 4020. The van der Waals surface area contributed by atoms with Gasteiger partial charge in [-0.1, -0.05) is 142 Å². The molecule has 7 N–H and O–H groups in total. The highest BCUT2D eigenvalue weighted by atomic mass is 32.2. The van der Waals surface area contributed by atoms with Crippen molar-refractivity contribution in [3.63, 3.8) is 0 Å². The fraction of sp³-hybridized carbons (Fsp3) is 0.655. The Balaban J connectivity index is 1.43. The van der Waals surface area contributed by atoms with Crippen molar-refractivity contribution in [2.75, 3.05) is 117 Å². The van der Waals surface area contributed by atoms with Gasteiger partial charge in [-0.2, -0.15) is 0 Å². The first kappa shape index (κ1) is 104. The Labute approximate surface area is 709 Å². The van der Waals surface area contributed by atoms with E-state index in [9.17, 15) is 79.5 Å². The average Bonchev–Trinajstić information content (AvgIpc) is 1.48. The fourth-order valence-electron chi connectivity index (χ4n) is 15.4. The summed E-state index contributed by atoms with van der Waals surface area (Å²) in [6, 6.07) is 16.7. The van der Waals surface area contributed by atoms with E-state index in [2.05, 4.69) is 21.3 Å². The molecular weight excluding hydrogens is 1590 g/mol. The molecule has 3 aromatic carbocycles. The number of methoxy groups -OCH3 is 5. The normalized spacial score (nSPS) is 16.2. The predicted molar refractivity (Wildman–Crippen MR) is 454 cm³/mol. The van der Waals surface area contributed by atoms with Crippen LogP contribution in [-0.4, -0.2) is 256 Å². The molecule has 1 heterocycles. The molecule has 1 fully saturated rings. The smallest absolute Gasteiger partial charge is 0.410 e. The van der Waals surface area contributed by atoms with E-state index in [1.54, 1.807) is 75.7 Å². The molecule has 13 atom stereocenters. The molecule has 1 aliphatic heterocycles. The Morgan fingerprint density at radius 3 is 1.74 bits per heavy atom. The highest BCUT2D eigenvalue weighted by molar-refractivity contribution is 7.92. The number of aliphatic hydroxyl groups is 1. The number of benzene rings is 3. The van der Waals surface area contributed by atoms with Crippen molar-refractivity contribution in [2.24, 2.45) is 64.9 Å². The molecule has 0 aliphatic carbocycles. The number of carbonyl (C=O) groups excluding carboxylic acids is 12. The van der Waals surface area contributed by atoms with Crippen LogP contribution < -0.4 is 27.0 Å². The number of nitrogens with one attached hydrogen (secondary N) is 4. The molecule has 0 aromatic heterocycles. The SMILES string of the molecule is CC[C@H](C)[C@H]([C@@H](CC(=O)N1CCC[C@H]1[C@H](OC)[C@@H](C)C(=O)C[C@H](C)[C@@H](O)c1ccccc1)OC)N(C)C(=O)[C@@H](CC(=O)[C@H](C(C)C)N(C)C(=O)OCc1ccc(NC(=O)[C@H](CCCNC(N)=O)CC(=O)[C@@H](NC(=O)CC[C@H](CC(=O)c2ccc(C(=O)C(CS(=O)(=O)CCOC)CS(=O)(=O)CCOC)cc2)C(=O)NCCOC)C(C)C)cc1)C(C)C. The zero-order valence-corrected chi connectivity index (χ0v) is 74.9. The largest absolute Gasteiger partial charge is 0.445 e. The van der Waals surface area contributed by atoms with E-state index in [-0.39, 0.29) is 143 Å². The van der Waals surface area contributed by atoms with Crippen LogP contribution in [0.1, 0.15) is 184 Å². The number of urea groups is 1. The third-order valence-corrected chi connectivity index (χ3v) is 26.0. The first-order valence-corrected chi connectivity index (χ1v) is 45.1. The predicted octanol–water partition coefficient (Wildman–Crippen LogP) is 8.22. The van der Waals surface area contributed by atoms with Crippen molar-refractivity contribution >= 4 is 95.9 Å². The summed E-state index contributed by atoms with van der Waals surface area (Å²) in [5.74, 6) is -14.0. The Kier molecular flexibility index (Phi) is 44.6. The zero-order valence-electron chi connectivity index (χ0n) is 73.2. The van der Waals surface area contributed by atoms with Gasteiger partial charge in [-0.15, -0.1) is 0 Å². The maximum absolute atomic E-state index is 15.0.